The molecule has 0 aliphatic heterocycles. The molecule has 0 aromatic heterocycles. The fraction of sp³-hybridized carbons (Fsp3) is 0.242. The van der Waals surface area contributed by atoms with Crippen molar-refractivity contribution in [2.75, 3.05) is 26.0 Å². The summed E-state index contributed by atoms with van der Waals surface area (Å²) in [4.78, 5) is 14.8. The highest BCUT2D eigenvalue weighted by atomic mass is 32.2. The Morgan fingerprint density at radius 3 is 2.08 bits per heavy atom. The summed E-state index contributed by atoms with van der Waals surface area (Å²) in [5.41, 5.74) is 9.57. The number of halogens is 1. The fourth-order valence-corrected chi connectivity index (χ4v) is 5.11. The monoisotopic (exact) mass is 542 g/mol. The molecule has 0 radical (unpaired) electrons. The Hall–Kier alpha value is -3.61. The first-order valence-corrected chi connectivity index (χ1v) is 14.4. The minimum absolute atomic E-state index is 0.00801. The Bertz CT molecular complexity index is 1280. The first kappa shape index (κ1) is 28.4. The second-order valence-corrected chi connectivity index (χ2v) is 10.4. The molecule has 0 unspecified atom stereocenters. The minimum atomic E-state index is -0.490. The lowest BCUT2D eigenvalue weighted by Crippen LogP contribution is -2.30. The van der Waals surface area contributed by atoms with E-state index in [1.807, 2.05) is 12.1 Å². The number of hydrogen-bond donors (Lipinski definition) is 1. The zero-order valence-corrected chi connectivity index (χ0v) is 23.1. The van der Waals surface area contributed by atoms with Crippen LogP contribution >= 0.6 is 11.8 Å². The fourth-order valence-electron chi connectivity index (χ4n) is 4.70. The summed E-state index contributed by atoms with van der Waals surface area (Å²) in [6.45, 7) is 2.83. The van der Waals surface area contributed by atoms with E-state index >= 15 is 0 Å². The molecule has 0 aliphatic rings. The second kappa shape index (κ2) is 14.5. The molecule has 0 aliphatic carbocycles. The molecular weight excluding hydrogens is 507 g/mol. The van der Waals surface area contributed by atoms with Gasteiger partial charge < -0.3 is 10.5 Å². The standard InChI is InChI=1S/C33H35FN2O2S/c1-39-29-16-13-25(14-17-29)23-36(19-8-20-38-32-18-15-26(21-31(32)34)22-33(35)37)24-30(27-9-4-2-5-10-27)28-11-6-3-7-12-28/h2-7,9-18,21,30H,8,19-20,22-24H2,1H3,(H2,35,37). The number of benzene rings is 4. The third-order valence-electron chi connectivity index (χ3n) is 6.66. The van der Waals surface area contributed by atoms with Gasteiger partial charge in [0.05, 0.1) is 13.0 Å². The van der Waals surface area contributed by atoms with Gasteiger partial charge in [-0.25, -0.2) is 4.39 Å². The van der Waals surface area contributed by atoms with Crippen LogP contribution in [-0.2, 0) is 17.8 Å². The Morgan fingerprint density at radius 2 is 1.51 bits per heavy atom. The Balaban J connectivity index is 1.46. The van der Waals surface area contributed by atoms with E-state index in [1.165, 1.54) is 27.7 Å². The van der Waals surface area contributed by atoms with Crippen molar-refractivity contribution in [2.45, 2.75) is 30.2 Å². The van der Waals surface area contributed by atoms with E-state index in [9.17, 15) is 9.18 Å². The van der Waals surface area contributed by atoms with Crippen LogP contribution in [0.3, 0.4) is 0 Å². The first-order valence-electron chi connectivity index (χ1n) is 13.2. The van der Waals surface area contributed by atoms with E-state index in [0.29, 0.717) is 12.2 Å². The highest BCUT2D eigenvalue weighted by Gasteiger charge is 2.19. The summed E-state index contributed by atoms with van der Waals surface area (Å²) in [5, 5.41) is 0. The van der Waals surface area contributed by atoms with Gasteiger partial charge in [0.2, 0.25) is 5.91 Å². The highest BCUT2D eigenvalue weighted by Crippen LogP contribution is 2.27. The Morgan fingerprint density at radius 1 is 0.897 bits per heavy atom. The SMILES string of the molecule is CSc1ccc(CN(CCCOc2ccc(CC(N)=O)cc2F)CC(c2ccccc2)c2ccccc2)cc1. The average molecular weight is 543 g/mol. The van der Waals surface area contributed by atoms with Crippen LogP contribution in [0, 0.1) is 5.82 Å². The zero-order valence-electron chi connectivity index (χ0n) is 22.3. The quantitative estimate of drug-likeness (QED) is 0.143. The van der Waals surface area contributed by atoms with Crippen molar-refractivity contribution in [3.8, 4) is 5.75 Å². The Kier molecular flexibility index (Phi) is 10.6. The van der Waals surface area contributed by atoms with Crippen LogP contribution in [0.5, 0.6) is 5.75 Å². The summed E-state index contributed by atoms with van der Waals surface area (Å²) < 4.78 is 20.3. The predicted octanol–water partition coefficient (Wildman–Crippen LogP) is 6.68. The number of primary amides is 1. The predicted molar refractivity (Wildman–Crippen MR) is 158 cm³/mol. The molecule has 0 saturated carbocycles. The van der Waals surface area contributed by atoms with Crippen molar-refractivity contribution >= 4 is 17.7 Å². The van der Waals surface area contributed by atoms with Gasteiger partial charge in [0.1, 0.15) is 0 Å². The van der Waals surface area contributed by atoms with E-state index in [1.54, 1.807) is 23.9 Å². The van der Waals surface area contributed by atoms with Crippen molar-refractivity contribution in [2.24, 2.45) is 5.73 Å². The zero-order chi connectivity index (χ0) is 27.5. The molecule has 202 valence electrons. The number of hydrogen-bond acceptors (Lipinski definition) is 4. The van der Waals surface area contributed by atoms with E-state index in [0.717, 1.165) is 26.1 Å². The lowest BCUT2D eigenvalue weighted by Gasteiger charge is -2.28. The van der Waals surface area contributed by atoms with Gasteiger partial charge in [0.25, 0.3) is 0 Å². The van der Waals surface area contributed by atoms with Gasteiger partial charge in [-0.3, -0.25) is 9.69 Å². The highest BCUT2D eigenvalue weighted by molar-refractivity contribution is 7.98. The second-order valence-electron chi connectivity index (χ2n) is 9.57. The molecule has 0 spiro atoms. The van der Waals surface area contributed by atoms with Crippen molar-refractivity contribution in [1.29, 1.82) is 0 Å². The lowest BCUT2D eigenvalue weighted by molar-refractivity contribution is -0.117. The molecule has 4 aromatic rings. The van der Waals surface area contributed by atoms with E-state index < -0.39 is 11.7 Å². The van der Waals surface area contributed by atoms with Gasteiger partial charge in [-0.2, -0.15) is 0 Å². The third-order valence-corrected chi connectivity index (χ3v) is 7.40. The van der Waals surface area contributed by atoms with Gasteiger partial charge in [0, 0.05) is 30.4 Å². The van der Waals surface area contributed by atoms with Crippen molar-refractivity contribution < 1.29 is 13.9 Å². The molecule has 4 rings (SSSR count). The number of rotatable bonds is 14. The van der Waals surface area contributed by atoms with E-state index in [-0.39, 0.29) is 18.1 Å². The maximum Gasteiger partial charge on any atom is 0.221 e. The molecule has 0 heterocycles. The molecular formula is C33H35FN2O2S. The summed E-state index contributed by atoms with van der Waals surface area (Å²) in [6.07, 6.45) is 2.83. The van der Waals surface area contributed by atoms with Gasteiger partial charge in [-0.05, 0) is 59.2 Å². The number of ether oxygens (including phenoxy) is 1. The van der Waals surface area contributed by atoms with Crippen LogP contribution in [-0.4, -0.2) is 36.8 Å². The van der Waals surface area contributed by atoms with Crippen LogP contribution in [0.2, 0.25) is 0 Å². The number of carbonyl (C=O) groups is 1. The summed E-state index contributed by atoms with van der Waals surface area (Å²) in [5.74, 6) is -0.564. The molecule has 6 heteroatoms. The van der Waals surface area contributed by atoms with Crippen LogP contribution < -0.4 is 10.5 Å². The van der Waals surface area contributed by atoms with Gasteiger partial charge in [0.15, 0.2) is 11.6 Å². The summed E-state index contributed by atoms with van der Waals surface area (Å²) >= 11 is 1.74. The smallest absolute Gasteiger partial charge is 0.221 e. The molecule has 4 nitrogen and oxygen atoms in total. The summed E-state index contributed by atoms with van der Waals surface area (Å²) in [6, 6.07) is 34.5. The number of thioether (sulfide) groups is 1. The minimum Gasteiger partial charge on any atom is -0.490 e. The molecule has 0 fully saturated rings. The average Bonchev–Trinajstić information content (AvgIpc) is 2.95. The van der Waals surface area contributed by atoms with Crippen molar-refractivity contribution in [1.82, 2.24) is 4.90 Å². The third kappa shape index (κ3) is 8.70. The molecule has 2 N–H and O–H groups in total. The van der Waals surface area contributed by atoms with Crippen LogP contribution in [0.15, 0.2) is 108 Å². The van der Waals surface area contributed by atoms with Crippen molar-refractivity contribution in [3.63, 3.8) is 0 Å². The maximum absolute atomic E-state index is 14.5. The maximum atomic E-state index is 14.5. The van der Waals surface area contributed by atoms with E-state index in [2.05, 4.69) is 84.0 Å². The van der Waals surface area contributed by atoms with Gasteiger partial charge >= 0.3 is 0 Å². The molecule has 4 aromatic carbocycles. The topological polar surface area (TPSA) is 55.6 Å². The lowest BCUT2D eigenvalue weighted by atomic mass is 9.90. The number of nitrogens with zero attached hydrogens (tertiary/aromatic N) is 1. The Labute approximate surface area is 235 Å². The van der Waals surface area contributed by atoms with E-state index in [4.69, 9.17) is 10.5 Å². The van der Waals surface area contributed by atoms with Crippen LogP contribution in [0.25, 0.3) is 0 Å². The summed E-state index contributed by atoms with van der Waals surface area (Å²) in [7, 11) is 0. The van der Waals surface area contributed by atoms with Crippen molar-refractivity contribution in [3.05, 3.63) is 131 Å². The van der Waals surface area contributed by atoms with Crippen LogP contribution in [0.1, 0.15) is 34.6 Å². The molecule has 0 bridgehead atoms. The number of nitrogens with two attached hydrogens (primary N) is 1. The van der Waals surface area contributed by atoms with Gasteiger partial charge in [-0.1, -0.05) is 78.9 Å². The number of amides is 1. The number of carbonyl (C=O) groups excluding carboxylic acids is 1. The normalized spacial score (nSPS) is 11.2. The molecule has 0 saturated heterocycles. The largest absolute Gasteiger partial charge is 0.490 e. The molecule has 1 amide bonds. The molecule has 39 heavy (non-hydrogen) atoms. The van der Waals surface area contributed by atoms with Gasteiger partial charge in [-0.15, -0.1) is 11.8 Å². The van der Waals surface area contributed by atoms with Crippen LogP contribution in [0.4, 0.5) is 4.39 Å². The molecule has 0 atom stereocenters. The first-order chi connectivity index (χ1) is 19.0.